The number of aryl methyl sites for hydroxylation is 1. The summed E-state index contributed by atoms with van der Waals surface area (Å²) in [7, 11) is 0. The molecule has 0 saturated carbocycles. The molecule has 0 aliphatic rings. The van der Waals surface area contributed by atoms with Crippen molar-refractivity contribution in [3.63, 3.8) is 0 Å². The number of imidazole rings is 1. The minimum Gasteiger partial charge on any atom is -0.318 e. The molecule has 0 fully saturated rings. The molecule has 1 N–H and O–H groups in total. The van der Waals surface area contributed by atoms with Crippen LogP contribution in [0.15, 0.2) is 94.8 Å². The average molecular weight is 491 g/mol. The maximum absolute atomic E-state index is 13.5. The number of tetrazole rings is 1. The fourth-order valence-corrected chi connectivity index (χ4v) is 4.57. The summed E-state index contributed by atoms with van der Waals surface area (Å²) in [5, 5.41) is 11.5. The molecule has 0 bridgehead atoms. The van der Waals surface area contributed by atoms with E-state index in [-0.39, 0.29) is 0 Å². The highest BCUT2D eigenvalue weighted by molar-refractivity contribution is 5.73. The largest absolute Gasteiger partial charge is 0.334 e. The Morgan fingerprint density at radius 1 is 0.892 bits per heavy atom. The molecule has 0 aliphatic heterocycles. The third kappa shape index (κ3) is 3.94. The van der Waals surface area contributed by atoms with E-state index in [0.717, 1.165) is 32.8 Å². The monoisotopic (exact) mass is 490 g/mol. The van der Waals surface area contributed by atoms with Crippen molar-refractivity contribution in [1.29, 1.82) is 0 Å². The van der Waals surface area contributed by atoms with Gasteiger partial charge in [0, 0.05) is 18.5 Å². The Morgan fingerprint density at radius 2 is 1.65 bits per heavy atom. The molecule has 0 atom stereocenters. The molecule has 6 rings (SSSR count). The number of aromatic amines is 1. The quantitative estimate of drug-likeness (QED) is 0.383. The molecule has 0 spiro atoms. The van der Waals surface area contributed by atoms with Crippen LogP contribution in [0.4, 0.5) is 0 Å². The molecule has 0 unspecified atom stereocenters. The lowest BCUT2D eigenvalue weighted by Crippen LogP contribution is -2.34. The zero-order valence-corrected chi connectivity index (χ0v) is 19.9. The van der Waals surface area contributed by atoms with Gasteiger partial charge in [0.15, 0.2) is 11.2 Å². The van der Waals surface area contributed by atoms with Crippen LogP contribution < -0.4 is 11.2 Å². The third-order valence-electron chi connectivity index (χ3n) is 6.32. The van der Waals surface area contributed by atoms with E-state index in [1.807, 2.05) is 66.1 Å². The van der Waals surface area contributed by atoms with Crippen LogP contribution in [0.5, 0.6) is 0 Å². The number of H-pyrrole nitrogens is 1. The van der Waals surface area contributed by atoms with E-state index in [1.165, 1.54) is 0 Å². The molecule has 3 aromatic heterocycles. The van der Waals surface area contributed by atoms with Crippen LogP contribution in [0.2, 0.25) is 0 Å². The maximum Gasteiger partial charge on any atom is 0.334 e. The molecule has 0 aliphatic carbocycles. The summed E-state index contributed by atoms with van der Waals surface area (Å²) in [5.41, 5.74) is 4.13. The Morgan fingerprint density at radius 3 is 2.38 bits per heavy atom. The van der Waals surface area contributed by atoms with Crippen LogP contribution in [0, 0.1) is 0 Å². The Bertz CT molecular complexity index is 1820. The topological polar surface area (TPSA) is 116 Å². The predicted octanol–water partition coefficient (Wildman–Crippen LogP) is 3.13. The number of nitrogens with one attached hydrogen (secondary N) is 1. The summed E-state index contributed by atoms with van der Waals surface area (Å²) in [4.78, 5) is 33.6. The van der Waals surface area contributed by atoms with Crippen molar-refractivity contribution in [2.45, 2.75) is 19.9 Å². The standard InChI is InChI=1S/C27H22N8O2/c1-2-23-29-25-24(26(36)35(27(37)30-25)20-8-4-3-5-9-20)33(23)16-18-12-14-19(15-13-18)21-10-6-7-11-22(21)34-17-28-31-32-34/h3-15,17H,2,16H2,1H3,(H,30,37). The number of fused-ring (bicyclic) bond motifs is 1. The molecule has 37 heavy (non-hydrogen) atoms. The SMILES string of the molecule is CCc1nc2[nH]c(=O)n(-c3ccccc3)c(=O)c2n1Cc1ccc(-c2ccccc2-n2cnnn2)cc1. The first-order valence-electron chi connectivity index (χ1n) is 11.9. The van der Waals surface area contributed by atoms with Crippen molar-refractivity contribution in [3.8, 4) is 22.5 Å². The van der Waals surface area contributed by atoms with Crippen LogP contribution in [0.1, 0.15) is 18.3 Å². The summed E-state index contributed by atoms with van der Waals surface area (Å²) < 4.78 is 4.67. The highest BCUT2D eigenvalue weighted by Gasteiger charge is 2.18. The molecule has 0 radical (unpaired) electrons. The van der Waals surface area contributed by atoms with Gasteiger partial charge in [-0.05, 0) is 39.8 Å². The van der Waals surface area contributed by atoms with Gasteiger partial charge in [-0.1, -0.05) is 67.6 Å². The first kappa shape index (κ1) is 22.4. The molecule has 10 nitrogen and oxygen atoms in total. The zero-order valence-electron chi connectivity index (χ0n) is 19.9. The fourth-order valence-electron chi connectivity index (χ4n) is 4.57. The number of hydrogen-bond donors (Lipinski definition) is 1. The smallest absolute Gasteiger partial charge is 0.318 e. The molecular weight excluding hydrogens is 468 g/mol. The van der Waals surface area contributed by atoms with Gasteiger partial charge in [0.25, 0.3) is 5.56 Å². The van der Waals surface area contributed by atoms with Crippen molar-refractivity contribution in [1.82, 2.24) is 39.3 Å². The Labute approximate surface area is 210 Å². The van der Waals surface area contributed by atoms with Gasteiger partial charge >= 0.3 is 5.69 Å². The number of rotatable bonds is 6. The second-order valence-electron chi connectivity index (χ2n) is 8.54. The van der Waals surface area contributed by atoms with E-state index in [4.69, 9.17) is 0 Å². The molecule has 6 aromatic rings. The molecule has 3 heterocycles. The lowest BCUT2D eigenvalue weighted by atomic mass is 10.0. The first-order valence-corrected chi connectivity index (χ1v) is 11.9. The summed E-state index contributed by atoms with van der Waals surface area (Å²) in [6.45, 7) is 2.41. The highest BCUT2D eigenvalue weighted by atomic mass is 16.2. The van der Waals surface area contributed by atoms with Gasteiger partial charge in [0.1, 0.15) is 12.2 Å². The number of aromatic nitrogens is 8. The van der Waals surface area contributed by atoms with E-state index in [9.17, 15) is 9.59 Å². The van der Waals surface area contributed by atoms with Crippen LogP contribution in [-0.4, -0.2) is 39.3 Å². The van der Waals surface area contributed by atoms with Gasteiger partial charge in [0.05, 0.1) is 11.4 Å². The number of benzene rings is 3. The summed E-state index contributed by atoms with van der Waals surface area (Å²) in [6, 6.07) is 24.9. The summed E-state index contributed by atoms with van der Waals surface area (Å²) in [5.74, 6) is 0.724. The highest BCUT2D eigenvalue weighted by Crippen LogP contribution is 2.26. The maximum atomic E-state index is 13.5. The van der Waals surface area contributed by atoms with Crippen molar-refractivity contribution < 1.29 is 0 Å². The zero-order chi connectivity index (χ0) is 25.4. The van der Waals surface area contributed by atoms with Gasteiger partial charge in [-0.3, -0.25) is 9.78 Å². The number of para-hydroxylation sites is 2. The van der Waals surface area contributed by atoms with Crippen molar-refractivity contribution in [3.05, 3.63) is 117 Å². The van der Waals surface area contributed by atoms with E-state index >= 15 is 0 Å². The number of hydrogen-bond acceptors (Lipinski definition) is 6. The lowest BCUT2D eigenvalue weighted by molar-refractivity contribution is 0.747. The lowest BCUT2D eigenvalue weighted by Gasteiger charge is -2.11. The second-order valence-corrected chi connectivity index (χ2v) is 8.54. The third-order valence-corrected chi connectivity index (χ3v) is 6.32. The van der Waals surface area contributed by atoms with Gasteiger partial charge < -0.3 is 4.57 Å². The van der Waals surface area contributed by atoms with E-state index in [1.54, 1.807) is 35.3 Å². The minimum absolute atomic E-state index is 0.297. The van der Waals surface area contributed by atoms with Gasteiger partial charge in [-0.25, -0.2) is 14.3 Å². The molecule has 10 heteroatoms. The second kappa shape index (κ2) is 9.15. The van der Waals surface area contributed by atoms with Crippen molar-refractivity contribution in [2.24, 2.45) is 0 Å². The van der Waals surface area contributed by atoms with Crippen molar-refractivity contribution in [2.75, 3.05) is 0 Å². The van der Waals surface area contributed by atoms with Crippen LogP contribution in [-0.2, 0) is 13.0 Å². The molecule has 0 saturated heterocycles. The minimum atomic E-state index is -0.512. The van der Waals surface area contributed by atoms with Gasteiger partial charge in [0.2, 0.25) is 0 Å². The Hall–Kier alpha value is -5.12. The Balaban J connectivity index is 1.41. The molecular formula is C27H22N8O2. The van der Waals surface area contributed by atoms with Crippen LogP contribution in [0.25, 0.3) is 33.7 Å². The van der Waals surface area contributed by atoms with Gasteiger partial charge in [-0.15, -0.1) is 5.10 Å². The normalized spacial score (nSPS) is 11.3. The summed E-state index contributed by atoms with van der Waals surface area (Å²) >= 11 is 0. The van der Waals surface area contributed by atoms with Crippen LogP contribution in [0.3, 0.4) is 0 Å². The molecule has 3 aromatic carbocycles. The first-order chi connectivity index (χ1) is 18.1. The van der Waals surface area contributed by atoms with E-state index in [0.29, 0.717) is 29.8 Å². The summed E-state index contributed by atoms with van der Waals surface area (Å²) in [6.07, 6.45) is 2.18. The number of nitrogens with zero attached hydrogens (tertiary/aromatic N) is 7. The van der Waals surface area contributed by atoms with Crippen LogP contribution >= 0.6 is 0 Å². The average Bonchev–Trinajstić information content (AvgIpc) is 3.58. The van der Waals surface area contributed by atoms with E-state index < -0.39 is 11.2 Å². The van der Waals surface area contributed by atoms with E-state index in [2.05, 4.69) is 25.5 Å². The van der Waals surface area contributed by atoms with Crippen molar-refractivity contribution >= 4 is 11.2 Å². The van der Waals surface area contributed by atoms with Gasteiger partial charge in [-0.2, -0.15) is 4.68 Å². The molecule has 182 valence electrons. The predicted molar refractivity (Wildman–Crippen MR) is 139 cm³/mol. The fraction of sp³-hybridized carbons (Fsp3) is 0.111. The molecule has 0 amide bonds. The Kier molecular flexibility index (Phi) is 5.53.